The van der Waals surface area contributed by atoms with E-state index in [-0.39, 0.29) is 5.82 Å². The van der Waals surface area contributed by atoms with Crippen LogP contribution in [0.4, 0.5) is 4.39 Å². The van der Waals surface area contributed by atoms with Crippen LogP contribution >= 0.6 is 0 Å². The summed E-state index contributed by atoms with van der Waals surface area (Å²) in [5, 5.41) is 4.21. The fourth-order valence-electron chi connectivity index (χ4n) is 2.93. The van der Waals surface area contributed by atoms with Crippen LogP contribution in [0.5, 0.6) is 0 Å². The first-order chi connectivity index (χ1) is 11.6. The lowest BCUT2D eigenvalue weighted by atomic mass is 10.0. The molecule has 0 aliphatic heterocycles. The van der Waals surface area contributed by atoms with Crippen LogP contribution in [0, 0.1) is 12.7 Å². The van der Waals surface area contributed by atoms with Gasteiger partial charge in [0, 0.05) is 36.8 Å². The molecule has 0 aliphatic carbocycles. The standard InChI is InChI=1S/C19H17FN4/c1-13-7-15(3-4-17(13)20)16-8-19-18(21-10-16)5-6-24(19)12-14-9-22-23(2)11-14/h3-11H,12H2,1-2H3. The van der Waals surface area contributed by atoms with Crippen LogP contribution in [0.15, 0.2) is 55.1 Å². The molecule has 0 radical (unpaired) electrons. The Balaban J connectivity index is 1.76. The largest absolute Gasteiger partial charge is 0.342 e. The molecule has 4 aromatic rings. The Kier molecular flexibility index (Phi) is 3.41. The number of aryl methyl sites for hydroxylation is 2. The molecule has 0 bridgehead atoms. The summed E-state index contributed by atoms with van der Waals surface area (Å²) in [6, 6.07) is 9.26. The minimum atomic E-state index is -0.187. The monoisotopic (exact) mass is 320 g/mol. The van der Waals surface area contributed by atoms with Gasteiger partial charge in [0.05, 0.1) is 23.8 Å². The lowest BCUT2D eigenvalue weighted by Crippen LogP contribution is -1.97. The molecule has 0 spiro atoms. The van der Waals surface area contributed by atoms with Gasteiger partial charge in [-0.15, -0.1) is 0 Å². The van der Waals surface area contributed by atoms with E-state index in [4.69, 9.17) is 0 Å². The van der Waals surface area contributed by atoms with Gasteiger partial charge in [-0.2, -0.15) is 5.10 Å². The highest BCUT2D eigenvalue weighted by molar-refractivity contribution is 5.81. The normalized spacial score (nSPS) is 11.3. The van der Waals surface area contributed by atoms with Gasteiger partial charge >= 0.3 is 0 Å². The maximum atomic E-state index is 13.5. The Morgan fingerprint density at radius 2 is 1.96 bits per heavy atom. The molecule has 1 aromatic carbocycles. The number of rotatable bonds is 3. The molecule has 24 heavy (non-hydrogen) atoms. The molecule has 0 amide bonds. The minimum absolute atomic E-state index is 0.187. The second-order valence-electron chi connectivity index (χ2n) is 6.06. The molecule has 4 nitrogen and oxygen atoms in total. The number of hydrogen-bond acceptors (Lipinski definition) is 2. The van der Waals surface area contributed by atoms with Crippen molar-refractivity contribution in [3.05, 3.63) is 72.1 Å². The van der Waals surface area contributed by atoms with Crippen molar-refractivity contribution in [2.45, 2.75) is 13.5 Å². The van der Waals surface area contributed by atoms with Crippen molar-refractivity contribution in [3.8, 4) is 11.1 Å². The average molecular weight is 320 g/mol. The zero-order valence-electron chi connectivity index (χ0n) is 13.6. The van der Waals surface area contributed by atoms with Crippen LogP contribution in [0.1, 0.15) is 11.1 Å². The van der Waals surface area contributed by atoms with Crippen molar-refractivity contribution in [3.63, 3.8) is 0 Å². The first-order valence-electron chi connectivity index (χ1n) is 7.79. The fraction of sp³-hybridized carbons (Fsp3) is 0.158. The minimum Gasteiger partial charge on any atom is -0.342 e. The van der Waals surface area contributed by atoms with Crippen LogP contribution in [-0.2, 0) is 13.6 Å². The Hall–Kier alpha value is -2.95. The summed E-state index contributed by atoms with van der Waals surface area (Å²) in [4.78, 5) is 4.54. The van der Waals surface area contributed by atoms with E-state index in [0.29, 0.717) is 5.56 Å². The molecule has 0 N–H and O–H groups in total. The molecule has 120 valence electrons. The van der Waals surface area contributed by atoms with Gasteiger partial charge < -0.3 is 4.57 Å². The number of hydrogen-bond donors (Lipinski definition) is 0. The van der Waals surface area contributed by atoms with E-state index in [2.05, 4.69) is 20.7 Å². The van der Waals surface area contributed by atoms with E-state index >= 15 is 0 Å². The zero-order valence-corrected chi connectivity index (χ0v) is 13.6. The Bertz CT molecular complexity index is 1030. The molecule has 3 aromatic heterocycles. The summed E-state index contributed by atoms with van der Waals surface area (Å²) in [5.74, 6) is -0.187. The van der Waals surface area contributed by atoms with E-state index in [0.717, 1.165) is 34.3 Å². The Morgan fingerprint density at radius 1 is 1.08 bits per heavy atom. The number of fused-ring (bicyclic) bond motifs is 1. The van der Waals surface area contributed by atoms with Crippen LogP contribution in [0.25, 0.3) is 22.2 Å². The van der Waals surface area contributed by atoms with E-state index in [1.807, 2.05) is 44.0 Å². The molecular weight excluding hydrogens is 303 g/mol. The Morgan fingerprint density at radius 3 is 2.71 bits per heavy atom. The lowest BCUT2D eigenvalue weighted by Gasteiger charge is -2.07. The third-order valence-electron chi connectivity index (χ3n) is 4.22. The van der Waals surface area contributed by atoms with Crippen molar-refractivity contribution < 1.29 is 4.39 Å². The van der Waals surface area contributed by atoms with Crippen LogP contribution < -0.4 is 0 Å². The summed E-state index contributed by atoms with van der Waals surface area (Å²) in [5.41, 5.74) is 5.73. The highest BCUT2D eigenvalue weighted by Gasteiger charge is 2.08. The van der Waals surface area contributed by atoms with Gasteiger partial charge in [-0.05, 0) is 42.3 Å². The molecule has 0 unspecified atom stereocenters. The molecule has 0 saturated heterocycles. The molecule has 0 aliphatic rings. The van der Waals surface area contributed by atoms with Crippen molar-refractivity contribution in [1.29, 1.82) is 0 Å². The predicted molar refractivity (Wildman–Crippen MR) is 92.2 cm³/mol. The third-order valence-corrected chi connectivity index (χ3v) is 4.22. The van der Waals surface area contributed by atoms with Gasteiger partial charge in [0.1, 0.15) is 5.82 Å². The second kappa shape index (κ2) is 5.60. The summed E-state index contributed by atoms with van der Waals surface area (Å²) in [6.07, 6.45) is 7.74. The van der Waals surface area contributed by atoms with E-state index < -0.39 is 0 Å². The van der Waals surface area contributed by atoms with Gasteiger partial charge in [-0.3, -0.25) is 9.67 Å². The first-order valence-corrected chi connectivity index (χ1v) is 7.79. The predicted octanol–water partition coefficient (Wildman–Crippen LogP) is 3.93. The van der Waals surface area contributed by atoms with Crippen molar-refractivity contribution in [2.24, 2.45) is 7.05 Å². The number of benzene rings is 1. The van der Waals surface area contributed by atoms with E-state index in [1.165, 1.54) is 6.07 Å². The summed E-state index contributed by atoms with van der Waals surface area (Å²) in [6.45, 7) is 2.51. The number of aromatic nitrogens is 4. The highest BCUT2D eigenvalue weighted by Crippen LogP contribution is 2.25. The molecule has 0 saturated carbocycles. The quantitative estimate of drug-likeness (QED) is 0.573. The average Bonchev–Trinajstić information content (AvgIpc) is 3.16. The Labute approximate surface area is 139 Å². The smallest absolute Gasteiger partial charge is 0.126 e. The van der Waals surface area contributed by atoms with Crippen LogP contribution in [0.3, 0.4) is 0 Å². The topological polar surface area (TPSA) is 35.6 Å². The second-order valence-corrected chi connectivity index (χ2v) is 6.06. The maximum Gasteiger partial charge on any atom is 0.126 e. The van der Waals surface area contributed by atoms with Crippen molar-refractivity contribution in [2.75, 3.05) is 0 Å². The SMILES string of the molecule is Cc1cc(-c2cnc3ccn(Cc4cnn(C)c4)c3c2)ccc1F. The number of halogens is 1. The zero-order chi connectivity index (χ0) is 16.7. The van der Waals surface area contributed by atoms with Gasteiger partial charge in [0.2, 0.25) is 0 Å². The van der Waals surface area contributed by atoms with Crippen molar-refractivity contribution >= 4 is 11.0 Å². The van der Waals surface area contributed by atoms with E-state index in [9.17, 15) is 4.39 Å². The summed E-state index contributed by atoms with van der Waals surface area (Å²) < 4.78 is 17.4. The highest BCUT2D eigenvalue weighted by atomic mass is 19.1. The van der Waals surface area contributed by atoms with Gasteiger partial charge in [0.25, 0.3) is 0 Å². The maximum absolute atomic E-state index is 13.5. The summed E-state index contributed by atoms with van der Waals surface area (Å²) in [7, 11) is 1.91. The van der Waals surface area contributed by atoms with Crippen LogP contribution in [-0.4, -0.2) is 19.3 Å². The van der Waals surface area contributed by atoms with Gasteiger partial charge in [0.15, 0.2) is 0 Å². The number of nitrogens with zero attached hydrogens (tertiary/aromatic N) is 4. The molecule has 3 heterocycles. The molecule has 4 rings (SSSR count). The molecule has 0 fully saturated rings. The third kappa shape index (κ3) is 2.58. The number of pyridine rings is 1. The lowest BCUT2D eigenvalue weighted by molar-refractivity contribution is 0.619. The van der Waals surface area contributed by atoms with Crippen molar-refractivity contribution in [1.82, 2.24) is 19.3 Å². The van der Waals surface area contributed by atoms with Gasteiger partial charge in [-0.25, -0.2) is 4.39 Å². The molecular formula is C19H17FN4. The van der Waals surface area contributed by atoms with E-state index in [1.54, 1.807) is 17.7 Å². The first kappa shape index (κ1) is 14.6. The summed E-state index contributed by atoms with van der Waals surface area (Å²) >= 11 is 0. The molecule has 5 heteroatoms. The van der Waals surface area contributed by atoms with Crippen LogP contribution in [0.2, 0.25) is 0 Å². The molecule has 0 atom stereocenters. The fourth-order valence-corrected chi connectivity index (χ4v) is 2.93. The van der Waals surface area contributed by atoms with Gasteiger partial charge in [-0.1, -0.05) is 6.07 Å².